The van der Waals surface area contributed by atoms with Gasteiger partial charge in [0, 0.05) is 17.5 Å². The van der Waals surface area contributed by atoms with Gasteiger partial charge < -0.3 is 5.32 Å². The maximum absolute atomic E-state index is 3.60. The fourth-order valence-electron chi connectivity index (χ4n) is 2.37. The van der Waals surface area contributed by atoms with Crippen LogP contribution in [0.4, 0.5) is 0 Å². The minimum atomic E-state index is 0.439. The van der Waals surface area contributed by atoms with E-state index in [0.717, 1.165) is 24.5 Å². The quantitative estimate of drug-likeness (QED) is 0.749. The van der Waals surface area contributed by atoms with Gasteiger partial charge in [-0.3, -0.25) is 0 Å². The normalized spacial score (nSPS) is 12.3. The lowest BCUT2D eigenvalue weighted by molar-refractivity contribution is 0.606. The number of hydrogen-bond acceptors (Lipinski definition) is 2. The average molecular weight is 299 g/mol. The van der Waals surface area contributed by atoms with Crippen molar-refractivity contribution < 1.29 is 0 Å². The molecule has 0 heterocycles. The van der Waals surface area contributed by atoms with Gasteiger partial charge in [0.2, 0.25) is 0 Å². The van der Waals surface area contributed by atoms with E-state index in [1.807, 2.05) is 11.8 Å². The molecule has 2 aromatic carbocycles. The van der Waals surface area contributed by atoms with Gasteiger partial charge in [0.1, 0.15) is 0 Å². The van der Waals surface area contributed by atoms with Gasteiger partial charge in [0.25, 0.3) is 0 Å². The summed E-state index contributed by atoms with van der Waals surface area (Å²) in [5, 5.41) is 3.60. The lowest BCUT2D eigenvalue weighted by Crippen LogP contribution is -2.23. The highest BCUT2D eigenvalue weighted by molar-refractivity contribution is 7.98. The van der Waals surface area contributed by atoms with Crippen LogP contribution >= 0.6 is 11.8 Å². The summed E-state index contributed by atoms with van der Waals surface area (Å²) < 4.78 is 0. The van der Waals surface area contributed by atoms with Crippen molar-refractivity contribution in [1.82, 2.24) is 5.32 Å². The van der Waals surface area contributed by atoms with Crippen molar-refractivity contribution in [2.75, 3.05) is 12.3 Å². The largest absolute Gasteiger partial charge is 0.310 e. The Morgan fingerprint density at radius 3 is 2.24 bits per heavy atom. The van der Waals surface area contributed by atoms with E-state index >= 15 is 0 Å². The van der Waals surface area contributed by atoms with Crippen molar-refractivity contribution in [2.24, 2.45) is 0 Å². The molecule has 0 aliphatic carbocycles. The molecule has 0 aliphatic rings. The molecule has 0 aromatic heterocycles. The Morgan fingerprint density at radius 2 is 1.62 bits per heavy atom. The monoisotopic (exact) mass is 299 g/mol. The second-order valence-electron chi connectivity index (χ2n) is 5.21. The summed E-state index contributed by atoms with van der Waals surface area (Å²) in [6.45, 7) is 5.38. The van der Waals surface area contributed by atoms with Gasteiger partial charge in [0.15, 0.2) is 0 Å². The predicted octanol–water partition coefficient (Wildman–Crippen LogP) is 4.83. The van der Waals surface area contributed by atoms with Crippen molar-refractivity contribution >= 4 is 11.8 Å². The van der Waals surface area contributed by atoms with Crippen LogP contribution in [0.2, 0.25) is 0 Å². The fourth-order valence-corrected chi connectivity index (χ4v) is 3.47. The first-order valence-corrected chi connectivity index (χ1v) is 8.92. The van der Waals surface area contributed by atoms with E-state index in [4.69, 9.17) is 0 Å². The lowest BCUT2D eigenvalue weighted by atomic mass is 10.1. The minimum Gasteiger partial charge on any atom is -0.310 e. The number of nitrogens with one attached hydrogen (secondary N) is 1. The van der Waals surface area contributed by atoms with Gasteiger partial charge in [0.05, 0.1) is 0 Å². The smallest absolute Gasteiger partial charge is 0.0411 e. The molecule has 2 aromatic rings. The van der Waals surface area contributed by atoms with E-state index in [-0.39, 0.29) is 0 Å². The summed E-state index contributed by atoms with van der Waals surface area (Å²) in [5.74, 6) is 2.18. The van der Waals surface area contributed by atoms with Crippen molar-refractivity contribution in [3.63, 3.8) is 0 Å². The predicted molar refractivity (Wildman–Crippen MR) is 94.8 cm³/mol. The molecule has 2 rings (SSSR count). The fraction of sp³-hybridized carbons (Fsp3) is 0.368. The summed E-state index contributed by atoms with van der Waals surface area (Å²) in [4.78, 5) is 0. The van der Waals surface area contributed by atoms with Crippen LogP contribution in [-0.2, 0) is 12.2 Å². The van der Waals surface area contributed by atoms with Crippen molar-refractivity contribution in [3.05, 3.63) is 71.3 Å². The van der Waals surface area contributed by atoms with Crippen molar-refractivity contribution in [3.8, 4) is 0 Å². The van der Waals surface area contributed by atoms with Gasteiger partial charge in [-0.25, -0.2) is 0 Å². The van der Waals surface area contributed by atoms with E-state index in [1.54, 1.807) is 0 Å². The highest BCUT2D eigenvalue weighted by Crippen LogP contribution is 2.22. The van der Waals surface area contributed by atoms with Crippen LogP contribution in [0.1, 0.15) is 36.6 Å². The summed E-state index contributed by atoms with van der Waals surface area (Å²) in [6, 6.07) is 20.2. The molecular weight excluding hydrogens is 274 g/mol. The molecule has 2 heteroatoms. The molecule has 0 fully saturated rings. The lowest BCUT2D eigenvalue weighted by Gasteiger charge is -2.18. The highest BCUT2D eigenvalue weighted by atomic mass is 32.2. The maximum atomic E-state index is 3.60. The van der Waals surface area contributed by atoms with Gasteiger partial charge >= 0.3 is 0 Å². The average Bonchev–Trinajstić information content (AvgIpc) is 2.55. The third kappa shape index (κ3) is 5.22. The van der Waals surface area contributed by atoms with E-state index in [9.17, 15) is 0 Å². The molecule has 0 spiro atoms. The Kier molecular flexibility index (Phi) is 6.84. The van der Waals surface area contributed by atoms with Crippen LogP contribution in [0.25, 0.3) is 0 Å². The van der Waals surface area contributed by atoms with Gasteiger partial charge in [-0.2, -0.15) is 11.8 Å². The Hall–Kier alpha value is -1.25. The number of thioether (sulfide) groups is 1. The third-order valence-corrected chi connectivity index (χ3v) is 4.74. The van der Waals surface area contributed by atoms with E-state index in [0.29, 0.717) is 6.04 Å². The molecule has 0 radical (unpaired) electrons. The Bertz CT molecular complexity index is 507. The zero-order chi connectivity index (χ0) is 14.9. The minimum absolute atomic E-state index is 0.439. The first-order valence-electron chi connectivity index (χ1n) is 7.77. The molecule has 1 nitrogen and oxygen atoms in total. The SMILES string of the molecule is CCNC(CSCc1ccccc1)c1ccc(CC)cc1. The number of aryl methyl sites for hydroxylation is 1. The molecule has 112 valence electrons. The first kappa shape index (κ1) is 16.1. The molecule has 0 bridgehead atoms. The van der Waals surface area contributed by atoms with E-state index < -0.39 is 0 Å². The second kappa shape index (κ2) is 8.91. The molecule has 1 N–H and O–H groups in total. The van der Waals surface area contributed by atoms with Gasteiger partial charge in [-0.15, -0.1) is 0 Å². The van der Waals surface area contributed by atoms with E-state index in [1.165, 1.54) is 16.7 Å². The zero-order valence-corrected chi connectivity index (χ0v) is 13.8. The zero-order valence-electron chi connectivity index (χ0n) is 13.0. The van der Waals surface area contributed by atoms with Crippen LogP contribution < -0.4 is 5.32 Å². The maximum Gasteiger partial charge on any atom is 0.0411 e. The molecule has 0 saturated carbocycles. The Labute approximate surface area is 133 Å². The van der Waals surface area contributed by atoms with Crippen LogP contribution in [0, 0.1) is 0 Å². The summed E-state index contributed by atoms with van der Waals surface area (Å²) in [6.07, 6.45) is 1.11. The number of hydrogen-bond donors (Lipinski definition) is 1. The van der Waals surface area contributed by atoms with Crippen molar-refractivity contribution in [1.29, 1.82) is 0 Å². The highest BCUT2D eigenvalue weighted by Gasteiger charge is 2.10. The second-order valence-corrected chi connectivity index (χ2v) is 6.24. The number of rotatable bonds is 8. The molecule has 21 heavy (non-hydrogen) atoms. The van der Waals surface area contributed by atoms with Crippen LogP contribution in [-0.4, -0.2) is 12.3 Å². The topological polar surface area (TPSA) is 12.0 Å². The first-order chi connectivity index (χ1) is 10.3. The summed E-state index contributed by atoms with van der Waals surface area (Å²) >= 11 is 2.00. The number of benzene rings is 2. The van der Waals surface area contributed by atoms with Gasteiger partial charge in [-0.1, -0.05) is 68.4 Å². The standard InChI is InChI=1S/C19H25NS/c1-3-16-10-12-18(13-11-16)19(20-4-2)15-21-14-17-8-6-5-7-9-17/h5-13,19-20H,3-4,14-15H2,1-2H3. The van der Waals surface area contributed by atoms with E-state index in [2.05, 4.69) is 73.8 Å². The van der Waals surface area contributed by atoms with Crippen LogP contribution in [0.15, 0.2) is 54.6 Å². The third-order valence-electron chi connectivity index (χ3n) is 3.64. The molecule has 1 unspecified atom stereocenters. The molecule has 0 aliphatic heterocycles. The molecular formula is C19H25NS. The summed E-state index contributed by atoms with van der Waals surface area (Å²) in [7, 11) is 0. The molecule has 0 amide bonds. The summed E-state index contributed by atoms with van der Waals surface area (Å²) in [5.41, 5.74) is 4.21. The molecule has 0 saturated heterocycles. The van der Waals surface area contributed by atoms with Crippen LogP contribution in [0.3, 0.4) is 0 Å². The Balaban J connectivity index is 1.91. The van der Waals surface area contributed by atoms with Crippen molar-refractivity contribution in [2.45, 2.75) is 32.1 Å². The molecule has 1 atom stereocenters. The van der Waals surface area contributed by atoms with Gasteiger partial charge in [-0.05, 0) is 29.7 Å². The Morgan fingerprint density at radius 1 is 0.905 bits per heavy atom. The van der Waals surface area contributed by atoms with Crippen LogP contribution in [0.5, 0.6) is 0 Å².